The summed E-state index contributed by atoms with van der Waals surface area (Å²) in [6.45, 7) is 1.91. The molecule has 1 aromatic carbocycles. The molecule has 3 nitrogen and oxygen atoms in total. The third kappa shape index (κ3) is 2.85. The number of aryl methyl sites for hydroxylation is 2. The summed E-state index contributed by atoms with van der Waals surface area (Å²) in [6, 6.07) is 1.30. The van der Waals surface area contributed by atoms with Gasteiger partial charge in [-0.15, -0.1) is 11.3 Å². The van der Waals surface area contributed by atoms with Crippen molar-refractivity contribution >= 4 is 17.2 Å². The van der Waals surface area contributed by atoms with Crippen LogP contribution in [0, 0.1) is 24.4 Å². The van der Waals surface area contributed by atoms with E-state index in [-0.39, 0.29) is 11.6 Å². The molecule has 0 bridgehead atoms. The minimum Gasteiger partial charge on any atom is -0.334 e. The Morgan fingerprint density at radius 2 is 1.96 bits per heavy atom. The molecule has 0 fully saturated rings. The van der Waals surface area contributed by atoms with E-state index in [4.69, 9.17) is 0 Å². The molecule has 1 aromatic heterocycles. The minimum atomic E-state index is -1.57. The quantitative estimate of drug-likeness (QED) is 0.774. The van der Waals surface area contributed by atoms with Gasteiger partial charge in [-0.2, -0.15) is 0 Å². The van der Waals surface area contributed by atoms with E-state index in [0.717, 1.165) is 47.0 Å². The predicted octanol–water partition coefficient (Wildman–Crippen LogP) is 4.02. The number of amides is 1. The van der Waals surface area contributed by atoms with Crippen LogP contribution in [0.3, 0.4) is 0 Å². The largest absolute Gasteiger partial charge is 0.334 e. The lowest BCUT2D eigenvalue weighted by atomic mass is 9.96. The first-order chi connectivity index (χ1) is 10.9. The number of halogens is 3. The summed E-state index contributed by atoms with van der Waals surface area (Å²) < 4.78 is 39.8. The van der Waals surface area contributed by atoms with Crippen LogP contribution in [0.4, 0.5) is 13.2 Å². The summed E-state index contributed by atoms with van der Waals surface area (Å²) >= 11 is 1.53. The molecule has 7 heteroatoms. The van der Waals surface area contributed by atoms with Crippen LogP contribution in [0.15, 0.2) is 12.1 Å². The van der Waals surface area contributed by atoms with Crippen LogP contribution in [-0.2, 0) is 6.42 Å². The van der Waals surface area contributed by atoms with Gasteiger partial charge < -0.3 is 4.90 Å². The average molecular weight is 340 g/mol. The maximum Gasteiger partial charge on any atom is 0.254 e. The third-order valence-electron chi connectivity index (χ3n) is 4.05. The number of rotatable bonds is 2. The van der Waals surface area contributed by atoms with Gasteiger partial charge in [0.05, 0.1) is 21.6 Å². The van der Waals surface area contributed by atoms with Crippen molar-refractivity contribution in [2.45, 2.75) is 32.2 Å². The van der Waals surface area contributed by atoms with Gasteiger partial charge in [-0.25, -0.2) is 18.2 Å². The second-order valence-electron chi connectivity index (χ2n) is 5.62. The third-order valence-corrected chi connectivity index (χ3v) is 5.16. The SMILES string of the molecule is Cc1nc2c(s1)[C@@H](N(C)C(=O)c1cc(F)c(F)c(F)c1)CCC2. The molecule has 2 aromatic rings. The summed E-state index contributed by atoms with van der Waals surface area (Å²) in [4.78, 5) is 19.5. The Hall–Kier alpha value is -1.89. The van der Waals surface area contributed by atoms with Crippen molar-refractivity contribution in [2.24, 2.45) is 0 Å². The molecule has 1 aliphatic carbocycles. The van der Waals surface area contributed by atoms with E-state index in [1.807, 2.05) is 6.92 Å². The molecule has 1 amide bonds. The summed E-state index contributed by atoms with van der Waals surface area (Å²) in [7, 11) is 1.59. The van der Waals surface area contributed by atoms with Crippen LogP contribution in [0.25, 0.3) is 0 Å². The van der Waals surface area contributed by atoms with Gasteiger partial charge in [0.15, 0.2) is 17.5 Å². The van der Waals surface area contributed by atoms with Crippen molar-refractivity contribution < 1.29 is 18.0 Å². The smallest absolute Gasteiger partial charge is 0.254 e. The number of hydrogen-bond donors (Lipinski definition) is 0. The molecular formula is C16H15F3N2OS. The first-order valence-corrected chi connectivity index (χ1v) is 8.08. The van der Waals surface area contributed by atoms with Crippen LogP contribution in [0.1, 0.15) is 44.8 Å². The number of thiazole rings is 1. The second kappa shape index (κ2) is 5.96. The van der Waals surface area contributed by atoms with Crippen molar-refractivity contribution in [3.8, 4) is 0 Å². The molecule has 0 saturated carbocycles. The van der Waals surface area contributed by atoms with Crippen LogP contribution < -0.4 is 0 Å². The van der Waals surface area contributed by atoms with Gasteiger partial charge in [-0.1, -0.05) is 0 Å². The molecule has 0 aliphatic heterocycles. The van der Waals surface area contributed by atoms with E-state index in [9.17, 15) is 18.0 Å². The lowest BCUT2D eigenvalue weighted by molar-refractivity contribution is 0.0716. The van der Waals surface area contributed by atoms with Crippen molar-refractivity contribution in [3.05, 3.63) is 50.7 Å². The summed E-state index contributed by atoms with van der Waals surface area (Å²) in [5, 5.41) is 0.932. The Kier molecular flexibility index (Phi) is 4.14. The number of benzene rings is 1. The zero-order chi connectivity index (χ0) is 16.7. The zero-order valence-corrected chi connectivity index (χ0v) is 13.5. The number of nitrogens with zero attached hydrogens (tertiary/aromatic N) is 2. The van der Waals surface area contributed by atoms with E-state index in [1.165, 1.54) is 16.2 Å². The van der Waals surface area contributed by atoms with Gasteiger partial charge in [0.25, 0.3) is 5.91 Å². The van der Waals surface area contributed by atoms with E-state index < -0.39 is 23.4 Å². The molecule has 0 N–H and O–H groups in total. The first-order valence-electron chi connectivity index (χ1n) is 7.26. The Balaban J connectivity index is 1.92. The van der Waals surface area contributed by atoms with Gasteiger partial charge in [-0.05, 0) is 38.3 Å². The molecule has 122 valence electrons. The molecule has 23 heavy (non-hydrogen) atoms. The Labute approximate surface area is 135 Å². The van der Waals surface area contributed by atoms with Crippen molar-refractivity contribution in [2.75, 3.05) is 7.05 Å². The number of carbonyl (C=O) groups excluding carboxylic acids is 1. The topological polar surface area (TPSA) is 33.2 Å². The fourth-order valence-electron chi connectivity index (χ4n) is 2.91. The van der Waals surface area contributed by atoms with E-state index in [2.05, 4.69) is 4.98 Å². The van der Waals surface area contributed by atoms with Crippen LogP contribution in [0.5, 0.6) is 0 Å². The molecule has 3 rings (SSSR count). The molecular weight excluding hydrogens is 325 g/mol. The number of fused-ring (bicyclic) bond motifs is 1. The van der Waals surface area contributed by atoms with Gasteiger partial charge >= 0.3 is 0 Å². The lowest BCUT2D eigenvalue weighted by Crippen LogP contribution is -2.33. The van der Waals surface area contributed by atoms with Gasteiger partial charge in [0.2, 0.25) is 0 Å². The second-order valence-corrected chi connectivity index (χ2v) is 6.86. The summed E-state index contributed by atoms with van der Waals surface area (Å²) in [6.07, 6.45) is 2.53. The number of aromatic nitrogens is 1. The Morgan fingerprint density at radius 3 is 2.61 bits per heavy atom. The zero-order valence-electron chi connectivity index (χ0n) is 12.7. The molecule has 1 atom stereocenters. The Morgan fingerprint density at radius 1 is 1.30 bits per heavy atom. The first kappa shape index (κ1) is 16.0. The standard InChI is InChI=1S/C16H15F3N2OS/c1-8-20-12-4-3-5-13(15(12)23-8)21(2)16(22)9-6-10(17)14(19)11(18)7-9/h6-7,13H,3-5H2,1-2H3/t13-/m0/s1. The van der Waals surface area contributed by atoms with Crippen molar-refractivity contribution in [3.63, 3.8) is 0 Å². The average Bonchev–Trinajstić information content (AvgIpc) is 2.90. The normalized spacial score (nSPS) is 17.0. The fraction of sp³-hybridized carbons (Fsp3) is 0.375. The maximum absolute atomic E-state index is 13.4. The fourth-order valence-corrected chi connectivity index (χ4v) is 4.06. The van der Waals surface area contributed by atoms with E-state index >= 15 is 0 Å². The Bertz CT molecular complexity index is 752. The highest BCUT2D eigenvalue weighted by Gasteiger charge is 2.30. The van der Waals surface area contributed by atoms with E-state index in [1.54, 1.807) is 7.05 Å². The molecule has 0 unspecified atom stereocenters. The molecule has 0 spiro atoms. The van der Waals surface area contributed by atoms with Crippen molar-refractivity contribution in [1.29, 1.82) is 0 Å². The maximum atomic E-state index is 13.4. The van der Waals surface area contributed by atoms with Crippen molar-refractivity contribution in [1.82, 2.24) is 9.88 Å². The monoisotopic (exact) mass is 340 g/mol. The van der Waals surface area contributed by atoms with E-state index in [0.29, 0.717) is 0 Å². The highest BCUT2D eigenvalue weighted by molar-refractivity contribution is 7.11. The van der Waals surface area contributed by atoms with Crippen LogP contribution >= 0.6 is 11.3 Å². The molecule has 0 radical (unpaired) electrons. The van der Waals surface area contributed by atoms with Gasteiger partial charge in [0.1, 0.15) is 0 Å². The number of hydrogen-bond acceptors (Lipinski definition) is 3. The lowest BCUT2D eigenvalue weighted by Gasteiger charge is -2.30. The molecule has 0 saturated heterocycles. The highest BCUT2D eigenvalue weighted by Crippen LogP contribution is 2.37. The summed E-state index contributed by atoms with van der Waals surface area (Å²) in [5.74, 6) is -4.83. The highest BCUT2D eigenvalue weighted by atomic mass is 32.1. The summed E-state index contributed by atoms with van der Waals surface area (Å²) in [5.41, 5.74) is 0.789. The van der Waals surface area contributed by atoms with Crippen LogP contribution in [-0.4, -0.2) is 22.8 Å². The molecule has 1 heterocycles. The van der Waals surface area contributed by atoms with Gasteiger partial charge in [0, 0.05) is 12.6 Å². The molecule has 1 aliphatic rings. The van der Waals surface area contributed by atoms with Crippen LogP contribution in [0.2, 0.25) is 0 Å². The number of carbonyl (C=O) groups is 1. The predicted molar refractivity (Wildman–Crippen MR) is 80.9 cm³/mol. The van der Waals surface area contributed by atoms with Gasteiger partial charge in [-0.3, -0.25) is 4.79 Å². The minimum absolute atomic E-state index is 0.173.